The van der Waals surface area contributed by atoms with Crippen molar-refractivity contribution in [3.63, 3.8) is 0 Å². The van der Waals surface area contributed by atoms with Crippen LogP contribution in [0, 0.1) is 24.2 Å². The van der Waals surface area contributed by atoms with Crippen LogP contribution in [0.2, 0.25) is 0 Å². The number of aryl methyl sites for hydroxylation is 1. The molecular formula is C27H31F3N4O3S. The molecule has 2 heterocycles. The van der Waals surface area contributed by atoms with E-state index in [9.17, 15) is 23.1 Å². The first-order chi connectivity index (χ1) is 17.9. The molecule has 0 spiro atoms. The first-order valence-electron chi connectivity index (χ1n) is 12.5. The average Bonchev–Trinajstić information content (AvgIpc) is 3.33. The number of anilines is 2. The van der Waals surface area contributed by atoms with Gasteiger partial charge in [0.15, 0.2) is 0 Å². The average molecular weight is 549 g/mol. The van der Waals surface area contributed by atoms with Gasteiger partial charge in [-0.1, -0.05) is 19.9 Å². The molecule has 1 unspecified atom stereocenters. The van der Waals surface area contributed by atoms with Crippen LogP contribution in [0.4, 0.5) is 24.8 Å². The molecule has 204 valence electrons. The van der Waals surface area contributed by atoms with E-state index in [1.54, 1.807) is 25.3 Å². The van der Waals surface area contributed by atoms with E-state index in [4.69, 9.17) is 4.74 Å². The summed E-state index contributed by atoms with van der Waals surface area (Å²) < 4.78 is 44.3. The van der Waals surface area contributed by atoms with Crippen LogP contribution in [0.5, 0.6) is 0 Å². The zero-order valence-electron chi connectivity index (χ0n) is 21.7. The minimum Gasteiger partial charge on any atom is -0.466 e. The fourth-order valence-electron chi connectivity index (χ4n) is 5.10. The van der Waals surface area contributed by atoms with Gasteiger partial charge in [0.25, 0.3) is 0 Å². The molecule has 1 aromatic carbocycles. The van der Waals surface area contributed by atoms with Crippen molar-refractivity contribution < 1.29 is 27.8 Å². The summed E-state index contributed by atoms with van der Waals surface area (Å²) in [7, 11) is 0. The van der Waals surface area contributed by atoms with Crippen molar-refractivity contribution in [1.29, 1.82) is 0 Å². The van der Waals surface area contributed by atoms with E-state index in [-0.39, 0.29) is 29.2 Å². The molecule has 1 aliphatic rings. The summed E-state index contributed by atoms with van der Waals surface area (Å²) >= 11 is 1.37. The van der Waals surface area contributed by atoms with Crippen molar-refractivity contribution >= 4 is 28.9 Å². The zero-order chi connectivity index (χ0) is 27.7. The molecule has 1 saturated carbocycles. The lowest BCUT2D eigenvalue weighted by Gasteiger charge is -2.42. The fraction of sp³-hybridized carbons (Fsp3) is 0.481. The van der Waals surface area contributed by atoms with E-state index >= 15 is 0 Å². The van der Waals surface area contributed by atoms with E-state index in [1.807, 2.05) is 26.8 Å². The Morgan fingerprint density at radius 2 is 2.03 bits per heavy atom. The van der Waals surface area contributed by atoms with Crippen molar-refractivity contribution in [3.8, 4) is 10.4 Å². The second-order valence-electron chi connectivity index (χ2n) is 10.3. The van der Waals surface area contributed by atoms with Crippen LogP contribution in [0.15, 0.2) is 36.7 Å². The predicted molar refractivity (Wildman–Crippen MR) is 139 cm³/mol. The molecule has 7 nitrogen and oxygen atoms in total. The van der Waals surface area contributed by atoms with Crippen LogP contribution in [0.1, 0.15) is 62.4 Å². The van der Waals surface area contributed by atoms with Gasteiger partial charge in [-0.05, 0) is 73.8 Å². The van der Waals surface area contributed by atoms with Gasteiger partial charge < -0.3 is 15.2 Å². The highest BCUT2D eigenvalue weighted by atomic mass is 32.1. The van der Waals surface area contributed by atoms with E-state index < -0.39 is 18.0 Å². The summed E-state index contributed by atoms with van der Waals surface area (Å²) in [5.41, 5.74) is 0.893. The lowest BCUT2D eigenvalue weighted by Crippen LogP contribution is -2.39. The van der Waals surface area contributed by atoms with E-state index in [0.29, 0.717) is 36.6 Å². The number of hydrogen-bond acceptors (Lipinski definition) is 8. The third-order valence-electron chi connectivity index (χ3n) is 6.92. The molecule has 0 aliphatic heterocycles. The number of nitrogens with one attached hydrogen (secondary N) is 1. The molecule has 1 fully saturated rings. The highest BCUT2D eigenvalue weighted by Gasteiger charge is 2.44. The molecule has 0 amide bonds. The normalized spacial score (nSPS) is 20.1. The quantitative estimate of drug-likeness (QED) is 0.317. The summed E-state index contributed by atoms with van der Waals surface area (Å²) in [5, 5.41) is 14.6. The van der Waals surface area contributed by atoms with Crippen molar-refractivity contribution in [2.75, 3.05) is 11.9 Å². The predicted octanol–water partition coefficient (Wildman–Crippen LogP) is 6.71. The molecule has 0 radical (unpaired) electrons. The molecule has 2 N–H and O–H groups in total. The number of thiazole rings is 1. The summed E-state index contributed by atoms with van der Waals surface area (Å²) in [6, 6.07) is 6.33. The Morgan fingerprint density at radius 1 is 1.26 bits per heavy atom. The number of nitrogens with zero attached hydrogens (tertiary/aromatic N) is 3. The Balaban J connectivity index is 1.50. The maximum absolute atomic E-state index is 13.0. The molecule has 1 aliphatic carbocycles. The van der Waals surface area contributed by atoms with Crippen molar-refractivity contribution in [2.24, 2.45) is 17.3 Å². The third kappa shape index (κ3) is 6.32. The molecule has 4 rings (SSSR count). The number of hydrogen-bond donors (Lipinski definition) is 2. The molecule has 38 heavy (non-hydrogen) atoms. The van der Waals surface area contributed by atoms with Gasteiger partial charge in [0.2, 0.25) is 5.95 Å². The van der Waals surface area contributed by atoms with Crippen LogP contribution in [-0.2, 0) is 15.7 Å². The smallest absolute Gasteiger partial charge is 0.433 e. The van der Waals surface area contributed by atoms with Crippen molar-refractivity contribution in [3.05, 3.63) is 52.9 Å². The summed E-state index contributed by atoms with van der Waals surface area (Å²) in [6.45, 7) is 8.10. The number of rotatable bonds is 7. The van der Waals surface area contributed by atoms with Gasteiger partial charge >= 0.3 is 12.1 Å². The minimum absolute atomic E-state index is 0.0394. The Morgan fingerprint density at radius 3 is 2.71 bits per heavy atom. The van der Waals surface area contributed by atoms with Gasteiger partial charge in [0, 0.05) is 18.1 Å². The number of halogens is 3. The standard InChI is InChI=1S/C27H31F3N4O3S/c1-5-37-24(36)19-7-6-16(13-26(19,3)4)22(35)23-32-14-20(38-23)17-10-15(2)11-18(12-17)33-25-31-9-8-21(34-25)27(28,29)30/h8-12,14,16,19,22,35H,5-7,13H2,1-4H3,(H,31,33,34)/t16?,19-,22-/m0/s1. The number of aromatic nitrogens is 3. The Labute approximate surface area is 223 Å². The zero-order valence-corrected chi connectivity index (χ0v) is 22.5. The van der Waals surface area contributed by atoms with Gasteiger partial charge in [-0.2, -0.15) is 13.2 Å². The second kappa shape index (κ2) is 11.0. The highest BCUT2D eigenvalue weighted by molar-refractivity contribution is 7.15. The van der Waals surface area contributed by atoms with Crippen LogP contribution in [-0.4, -0.2) is 32.6 Å². The van der Waals surface area contributed by atoms with E-state index in [1.165, 1.54) is 11.3 Å². The number of carbonyl (C=O) groups is 1. The number of alkyl halides is 3. The third-order valence-corrected chi connectivity index (χ3v) is 8.03. The maximum Gasteiger partial charge on any atom is 0.433 e. The highest BCUT2D eigenvalue weighted by Crippen LogP contribution is 2.48. The number of carbonyl (C=O) groups excluding carboxylic acids is 1. The molecular weight excluding hydrogens is 517 g/mol. The minimum atomic E-state index is -4.57. The van der Waals surface area contributed by atoms with Crippen molar-refractivity contribution in [2.45, 2.75) is 59.2 Å². The SMILES string of the molecule is CCOC(=O)[C@@H]1CCC([C@H](O)c2ncc(-c3cc(C)cc(Nc4nccc(C(F)(F)F)n4)c3)s2)CC1(C)C. The number of ether oxygens (including phenoxy) is 1. The largest absolute Gasteiger partial charge is 0.466 e. The van der Waals surface area contributed by atoms with Crippen molar-refractivity contribution in [1.82, 2.24) is 15.0 Å². The first-order valence-corrected chi connectivity index (χ1v) is 13.3. The number of benzene rings is 1. The van der Waals surface area contributed by atoms with Gasteiger partial charge in [-0.25, -0.2) is 15.0 Å². The number of aliphatic hydroxyl groups is 1. The van der Waals surface area contributed by atoms with Crippen LogP contribution in [0.3, 0.4) is 0 Å². The molecule has 0 bridgehead atoms. The molecule has 11 heteroatoms. The number of aliphatic hydroxyl groups excluding tert-OH is 1. The van der Waals surface area contributed by atoms with Crippen LogP contribution >= 0.6 is 11.3 Å². The second-order valence-corrected chi connectivity index (χ2v) is 11.4. The topological polar surface area (TPSA) is 97.2 Å². The summed E-state index contributed by atoms with van der Waals surface area (Å²) in [6.07, 6.45) is -0.566. The first kappa shape index (κ1) is 28.0. The van der Waals surface area contributed by atoms with Gasteiger partial charge in [-0.3, -0.25) is 4.79 Å². The Hall–Kier alpha value is -3.05. The molecule has 2 aromatic heterocycles. The van der Waals surface area contributed by atoms with Crippen LogP contribution < -0.4 is 5.32 Å². The van der Waals surface area contributed by atoms with E-state index in [0.717, 1.165) is 28.3 Å². The van der Waals surface area contributed by atoms with Gasteiger partial charge in [0.1, 0.15) is 16.8 Å². The molecule has 3 aromatic rings. The Kier molecular flexibility index (Phi) is 8.08. The summed E-state index contributed by atoms with van der Waals surface area (Å²) in [4.78, 5) is 25.2. The lowest BCUT2D eigenvalue weighted by atomic mass is 9.64. The monoisotopic (exact) mass is 548 g/mol. The van der Waals surface area contributed by atoms with Gasteiger partial charge in [0.05, 0.1) is 17.4 Å². The fourth-order valence-corrected chi connectivity index (χ4v) is 6.09. The van der Waals surface area contributed by atoms with Gasteiger partial charge in [-0.15, -0.1) is 11.3 Å². The van der Waals surface area contributed by atoms with Crippen LogP contribution in [0.25, 0.3) is 10.4 Å². The maximum atomic E-state index is 13.0. The summed E-state index contributed by atoms with van der Waals surface area (Å²) in [5.74, 6) is -0.571. The Bertz CT molecular complexity index is 1290. The molecule has 0 saturated heterocycles. The van der Waals surface area contributed by atoms with E-state index in [2.05, 4.69) is 20.3 Å². The number of esters is 1. The lowest BCUT2D eigenvalue weighted by molar-refractivity contribution is -0.156. The molecule has 3 atom stereocenters.